The maximum atomic E-state index is 5.89. The molecule has 0 saturated carbocycles. The summed E-state index contributed by atoms with van der Waals surface area (Å²) < 4.78 is 6.70. The summed E-state index contributed by atoms with van der Waals surface area (Å²) in [6.45, 7) is 4.08. The molecule has 2 aromatic rings. The summed E-state index contributed by atoms with van der Waals surface area (Å²) in [5.41, 5.74) is 3.19. The minimum absolute atomic E-state index is 0.368. The van der Waals surface area contributed by atoms with Crippen molar-refractivity contribution in [2.75, 3.05) is 0 Å². The lowest BCUT2D eigenvalue weighted by molar-refractivity contribution is 0.457. The van der Waals surface area contributed by atoms with Crippen molar-refractivity contribution < 1.29 is 4.74 Å². The first kappa shape index (κ1) is 13.4. The van der Waals surface area contributed by atoms with Crippen LogP contribution in [0, 0.1) is 13.8 Å². The molecule has 0 saturated heterocycles. The van der Waals surface area contributed by atoms with E-state index in [0.717, 1.165) is 26.9 Å². The third-order valence-electron chi connectivity index (χ3n) is 2.45. The smallest absolute Gasteiger partial charge is 0.223 e. The highest BCUT2D eigenvalue weighted by Crippen LogP contribution is 2.27. The van der Waals surface area contributed by atoms with Gasteiger partial charge in [-0.1, -0.05) is 6.07 Å². The van der Waals surface area contributed by atoms with E-state index in [2.05, 4.69) is 27.0 Å². The van der Waals surface area contributed by atoms with Crippen LogP contribution >= 0.6 is 27.5 Å². The zero-order valence-electron chi connectivity index (χ0n) is 10.2. The number of hydrogen-bond acceptors (Lipinski definition) is 2. The van der Waals surface area contributed by atoms with Gasteiger partial charge in [0, 0.05) is 16.2 Å². The van der Waals surface area contributed by atoms with Gasteiger partial charge in [0.25, 0.3) is 0 Å². The predicted molar refractivity (Wildman–Crippen MR) is 77.5 cm³/mol. The molecule has 0 atom stereocenters. The van der Waals surface area contributed by atoms with Crippen LogP contribution in [0.4, 0.5) is 0 Å². The number of rotatable bonds is 3. The summed E-state index contributed by atoms with van der Waals surface area (Å²) in [5, 5.41) is 0. The quantitative estimate of drug-likeness (QED) is 0.741. The largest absolute Gasteiger partial charge is 0.439 e. The van der Waals surface area contributed by atoms with Crippen molar-refractivity contribution in [3.8, 4) is 11.6 Å². The number of benzene rings is 1. The van der Waals surface area contributed by atoms with Crippen molar-refractivity contribution >= 4 is 27.5 Å². The first-order valence-corrected chi connectivity index (χ1v) is 6.88. The van der Waals surface area contributed by atoms with Crippen LogP contribution in [0.15, 0.2) is 34.9 Å². The molecular formula is C14H13BrClNO. The second kappa shape index (κ2) is 5.72. The van der Waals surface area contributed by atoms with Gasteiger partial charge in [0.05, 0.1) is 5.88 Å². The second-order valence-corrected chi connectivity index (χ2v) is 5.36. The van der Waals surface area contributed by atoms with E-state index in [0.29, 0.717) is 11.8 Å². The average Bonchev–Trinajstić information content (AvgIpc) is 2.30. The number of aromatic nitrogens is 1. The lowest BCUT2D eigenvalue weighted by atomic mass is 10.1. The van der Waals surface area contributed by atoms with Crippen LogP contribution in [0.5, 0.6) is 11.6 Å². The van der Waals surface area contributed by atoms with E-state index in [-0.39, 0.29) is 0 Å². The number of halogens is 2. The van der Waals surface area contributed by atoms with Crippen LogP contribution in [-0.4, -0.2) is 4.98 Å². The van der Waals surface area contributed by atoms with Gasteiger partial charge in [0.1, 0.15) is 5.75 Å². The van der Waals surface area contributed by atoms with E-state index in [9.17, 15) is 0 Å². The molecule has 0 N–H and O–H groups in total. The van der Waals surface area contributed by atoms with Crippen molar-refractivity contribution in [3.05, 3.63) is 51.6 Å². The Balaban J connectivity index is 2.33. The van der Waals surface area contributed by atoms with Crippen molar-refractivity contribution in [2.24, 2.45) is 0 Å². The third kappa shape index (κ3) is 3.24. The van der Waals surface area contributed by atoms with Crippen LogP contribution in [0.25, 0.3) is 0 Å². The Kier molecular flexibility index (Phi) is 4.25. The topological polar surface area (TPSA) is 22.1 Å². The van der Waals surface area contributed by atoms with E-state index >= 15 is 0 Å². The van der Waals surface area contributed by atoms with E-state index in [1.54, 1.807) is 6.20 Å². The monoisotopic (exact) mass is 325 g/mol. The summed E-state index contributed by atoms with van der Waals surface area (Å²) >= 11 is 9.26. The fourth-order valence-electron chi connectivity index (χ4n) is 1.76. The van der Waals surface area contributed by atoms with Crippen molar-refractivity contribution in [2.45, 2.75) is 19.7 Å². The van der Waals surface area contributed by atoms with Crippen LogP contribution in [-0.2, 0) is 5.88 Å². The normalized spacial score (nSPS) is 10.4. The van der Waals surface area contributed by atoms with Crippen LogP contribution < -0.4 is 4.74 Å². The molecule has 0 fully saturated rings. The fraction of sp³-hybridized carbons (Fsp3) is 0.214. The molecule has 94 valence electrons. The molecule has 18 heavy (non-hydrogen) atoms. The molecule has 0 bridgehead atoms. The Morgan fingerprint density at radius 1 is 1.17 bits per heavy atom. The Morgan fingerprint density at radius 3 is 2.44 bits per heavy atom. The van der Waals surface area contributed by atoms with Crippen molar-refractivity contribution in [1.29, 1.82) is 0 Å². The van der Waals surface area contributed by atoms with E-state index in [1.807, 2.05) is 32.0 Å². The van der Waals surface area contributed by atoms with Gasteiger partial charge in [-0.15, -0.1) is 11.6 Å². The molecule has 0 radical (unpaired) electrons. The van der Waals surface area contributed by atoms with Gasteiger partial charge < -0.3 is 4.74 Å². The number of pyridine rings is 1. The predicted octanol–water partition coefficient (Wildman–Crippen LogP) is 4.99. The number of ether oxygens (including phenoxy) is 1. The van der Waals surface area contributed by atoms with Crippen LogP contribution in [0.1, 0.15) is 16.7 Å². The highest BCUT2D eigenvalue weighted by atomic mass is 79.9. The molecule has 4 heteroatoms. The second-order valence-electron chi connectivity index (χ2n) is 4.18. The molecular weight excluding hydrogens is 314 g/mol. The molecule has 0 aliphatic heterocycles. The number of nitrogens with zero attached hydrogens (tertiary/aromatic N) is 1. The standard InChI is InChI=1S/C14H13BrClNO/c1-9-3-10(2)5-13(4-9)18-14-11(7-16)6-12(15)8-17-14/h3-6,8H,7H2,1-2H3. The van der Waals surface area contributed by atoms with Gasteiger partial charge in [-0.2, -0.15) is 0 Å². The minimum atomic E-state index is 0.368. The van der Waals surface area contributed by atoms with Crippen LogP contribution in [0.3, 0.4) is 0 Å². The number of alkyl halides is 1. The molecule has 0 aliphatic carbocycles. The molecule has 1 aromatic heterocycles. The van der Waals surface area contributed by atoms with Gasteiger partial charge in [0.15, 0.2) is 0 Å². The third-order valence-corrected chi connectivity index (χ3v) is 3.17. The van der Waals surface area contributed by atoms with E-state index in [4.69, 9.17) is 16.3 Å². The molecule has 1 aromatic carbocycles. The Bertz CT molecular complexity index is 551. The summed E-state index contributed by atoms with van der Waals surface area (Å²) in [5.74, 6) is 1.71. The van der Waals surface area contributed by atoms with Crippen molar-refractivity contribution in [1.82, 2.24) is 4.98 Å². The Morgan fingerprint density at radius 2 is 1.83 bits per heavy atom. The molecule has 0 aliphatic rings. The summed E-state index contributed by atoms with van der Waals surface area (Å²) in [7, 11) is 0. The first-order valence-electron chi connectivity index (χ1n) is 5.55. The minimum Gasteiger partial charge on any atom is -0.439 e. The maximum Gasteiger partial charge on any atom is 0.223 e. The van der Waals surface area contributed by atoms with E-state index in [1.165, 1.54) is 0 Å². The zero-order valence-corrected chi connectivity index (χ0v) is 12.5. The fourth-order valence-corrected chi connectivity index (χ4v) is 2.33. The average molecular weight is 327 g/mol. The molecule has 0 amide bonds. The molecule has 2 rings (SSSR count). The first-order chi connectivity index (χ1) is 8.58. The molecule has 2 nitrogen and oxygen atoms in total. The van der Waals surface area contributed by atoms with Gasteiger partial charge in [-0.05, 0) is 59.1 Å². The van der Waals surface area contributed by atoms with Gasteiger partial charge in [-0.25, -0.2) is 4.98 Å². The SMILES string of the molecule is Cc1cc(C)cc(Oc2ncc(Br)cc2CCl)c1. The zero-order chi connectivity index (χ0) is 13.1. The highest BCUT2D eigenvalue weighted by Gasteiger charge is 2.07. The number of hydrogen-bond donors (Lipinski definition) is 0. The lowest BCUT2D eigenvalue weighted by Crippen LogP contribution is -1.94. The maximum absolute atomic E-state index is 5.89. The highest BCUT2D eigenvalue weighted by molar-refractivity contribution is 9.10. The molecule has 0 spiro atoms. The van der Waals surface area contributed by atoms with Gasteiger partial charge >= 0.3 is 0 Å². The lowest BCUT2D eigenvalue weighted by Gasteiger charge is -2.10. The molecule has 0 unspecified atom stereocenters. The summed E-state index contributed by atoms with van der Waals surface area (Å²) in [6.07, 6.45) is 1.70. The summed E-state index contributed by atoms with van der Waals surface area (Å²) in [6, 6.07) is 7.98. The molecule has 1 heterocycles. The Hall–Kier alpha value is -1.06. The number of aryl methyl sites for hydroxylation is 2. The van der Waals surface area contributed by atoms with Gasteiger partial charge in [-0.3, -0.25) is 0 Å². The Labute approximate surface area is 120 Å². The van der Waals surface area contributed by atoms with Crippen LogP contribution in [0.2, 0.25) is 0 Å². The summed E-state index contributed by atoms with van der Waals surface area (Å²) in [4.78, 5) is 4.25. The van der Waals surface area contributed by atoms with Crippen molar-refractivity contribution in [3.63, 3.8) is 0 Å². The van der Waals surface area contributed by atoms with E-state index < -0.39 is 0 Å². The van der Waals surface area contributed by atoms with Gasteiger partial charge in [0.2, 0.25) is 5.88 Å².